The van der Waals surface area contributed by atoms with Crippen molar-refractivity contribution >= 4 is 5.91 Å². The Kier molecular flexibility index (Phi) is 4.08. The highest BCUT2D eigenvalue weighted by Crippen LogP contribution is 2.46. The highest BCUT2D eigenvalue weighted by Gasteiger charge is 2.34. The largest absolute Gasteiger partial charge is 0.358 e. The predicted molar refractivity (Wildman–Crippen MR) is 95.8 cm³/mol. The third-order valence-electron chi connectivity index (χ3n) is 5.22. The van der Waals surface area contributed by atoms with Crippen LogP contribution < -0.4 is 5.32 Å². The van der Waals surface area contributed by atoms with Gasteiger partial charge in [0.15, 0.2) is 0 Å². The van der Waals surface area contributed by atoms with Crippen molar-refractivity contribution in [1.82, 2.24) is 15.1 Å². The average Bonchev–Trinajstić information content (AvgIpc) is 2.97. The minimum atomic E-state index is 0.0972. The number of hydrogen-bond donors (Lipinski definition) is 1. The molecule has 1 N–H and O–H groups in total. The van der Waals surface area contributed by atoms with Crippen LogP contribution in [0.1, 0.15) is 17.2 Å². The number of fused-ring (bicyclic) bond motifs is 3. The lowest BCUT2D eigenvalue weighted by Gasteiger charge is -2.38. The summed E-state index contributed by atoms with van der Waals surface area (Å²) in [6, 6.07) is 17.9. The van der Waals surface area contributed by atoms with Crippen LogP contribution in [0.4, 0.5) is 0 Å². The summed E-state index contributed by atoms with van der Waals surface area (Å²) < 4.78 is 0. The van der Waals surface area contributed by atoms with Crippen LogP contribution in [0.2, 0.25) is 0 Å². The maximum absolute atomic E-state index is 11.6. The van der Waals surface area contributed by atoms with Crippen LogP contribution in [0.3, 0.4) is 0 Å². The smallest absolute Gasteiger partial charge is 0.233 e. The van der Waals surface area contributed by atoms with E-state index in [1.54, 1.807) is 7.05 Å². The van der Waals surface area contributed by atoms with Crippen molar-refractivity contribution in [2.24, 2.45) is 0 Å². The van der Waals surface area contributed by atoms with E-state index in [1.165, 1.54) is 22.3 Å². The van der Waals surface area contributed by atoms with E-state index in [1.807, 2.05) is 0 Å². The lowest BCUT2D eigenvalue weighted by molar-refractivity contribution is -0.122. The van der Waals surface area contributed by atoms with Crippen molar-refractivity contribution in [1.29, 1.82) is 0 Å². The number of rotatable bonds is 3. The zero-order valence-electron chi connectivity index (χ0n) is 14.0. The van der Waals surface area contributed by atoms with E-state index >= 15 is 0 Å². The molecule has 1 fully saturated rings. The summed E-state index contributed by atoms with van der Waals surface area (Å²) in [7, 11) is 1.70. The second-order valence-corrected chi connectivity index (χ2v) is 6.56. The Morgan fingerprint density at radius 1 is 0.958 bits per heavy atom. The van der Waals surface area contributed by atoms with E-state index in [4.69, 9.17) is 0 Å². The Balaban J connectivity index is 1.56. The molecule has 2 aromatic carbocycles. The number of benzene rings is 2. The molecular formula is C20H23N3O. The summed E-state index contributed by atoms with van der Waals surface area (Å²) >= 11 is 0. The van der Waals surface area contributed by atoms with Gasteiger partial charge >= 0.3 is 0 Å². The summed E-state index contributed by atoms with van der Waals surface area (Å²) in [5, 5.41) is 2.71. The summed E-state index contributed by atoms with van der Waals surface area (Å²) in [4.78, 5) is 16.4. The van der Waals surface area contributed by atoms with Crippen molar-refractivity contribution in [2.45, 2.75) is 6.04 Å². The topological polar surface area (TPSA) is 35.6 Å². The molecule has 1 saturated heterocycles. The zero-order chi connectivity index (χ0) is 16.5. The summed E-state index contributed by atoms with van der Waals surface area (Å²) in [6.07, 6.45) is 0. The van der Waals surface area contributed by atoms with Gasteiger partial charge in [-0.05, 0) is 22.3 Å². The van der Waals surface area contributed by atoms with E-state index in [0.717, 1.165) is 26.2 Å². The Labute approximate surface area is 143 Å². The van der Waals surface area contributed by atoms with Crippen LogP contribution in [0.25, 0.3) is 11.1 Å². The van der Waals surface area contributed by atoms with E-state index < -0.39 is 0 Å². The van der Waals surface area contributed by atoms with Gasteiger partial charge in [-0.2, -0.15) is 0 Å². The SMILES string of the molecule is CNC(=O)CN1CCN(C2c3ccccc3-c3ccccc32)CC1. The Morgan fingerprint density at radius 3 is 2.04 bits per heavy atom. The second kappa shape index (κ2) is 6.38. The number of carbonyl (C=O) groups excluding carboxylic acids is 1. The van der Waals surface area contributed by atoms with Crippen molar-refractivity contribution in [3.63, 3.8) is 0 Å². The Bertz CT molecular complexity index is 705. The van der Waals surface area contributed by atoms with E-state index in [2.05, 4.69) is 63.6 Å². The standard InChI is InChI=1S/C20H23N3O/c1-21-19(24)14-22-10-12-23(13-11-22)20-17-8-4-2-6-15(17)16-7-3-5-9-18(16)20/h2-9,20H,10-14H2,1H3,(H,21,24). The monoisotopic (exact) mass is 321 g/mol. The molecule has 4 rings (SSSR count). The number of likely N-dealkylation sites (N-methyl/N-ethyl adjacent to an activating group) is 1. The number of nitrogens with one attached hydrogen (secondary N) is 1. The fraction of sp³-hybridized carbons (Fsp3) is 0.350. The predicted octanol–water partition coefficient (Wildman–Crippen LogP) is 2.12. The van der Waals surface area contributed by atoms with Gasteiger partial charge in [-0.25, -0.2) is 0 Å². The summed E-state index contributed by atoms with van der Waals surface area (Å²) in [5.41, 5.74) is 5.56. The van der Waals surface area contributed by atoms with Crippen LogP contribution in [0.15, 0.2) is 48.5 Å². The lowest BCUT2D eigenvalue weighted by atomic mass is 10.0. The first-order valence-corrected chi connectivity index (χ1v) is 8.63. The van der Waals surface area contributed by atoms with Crippen molar-refractivity contribution in [3.8, 4) is 11.1 Å². The van der Waals surface area contributed by atoms with Gasteiger partial charge in [0.1, 0.15) is 0 Å². The molecule has 1 heterocycles. The van der Waals surface area contributed by atoms with Gasteiger partial charge < -0.3 is 5.32 Å². The van der Waals surface area contributed by atoms with Gasteiger partial charge in [-0.3, -0.25) is 14.6 Å². The molecule has 4 heteroatoms. The molecule has 2 aliphatic rings. The van der Waals surface area contributed by atoms with Crippen molar-refractivity contribution in [3.05, 3.63) is 59.7 Å². The molecule has 1 aliphatic heterocycles. The highest BCUT2D eigenvalue weighted by atomic mass is 16.1. The first-order chi connectivity index (χ1) is 11.8. The molecule has 0 radical (unpaired) electrons. The quantitative estimate of drug-likeness (QED) is 0.941. The molecule has 0 atom stereocenters. The molecule has 0 unspecified atom stereocenters. The number of carbonyl (C=O) groups is 1. The van der Waals surface area contributed by atoms with Crippen LogP contribution in [-0.4, -0.2) is 55.5 Å². The van der Waals surface area contributed by atoms with Crippen LogP contribution in [-0.2, 0) is 4.79 Å². The van der Waals surface area contributed by atoms with E-state index in [9.17, 15) is 4.79 Å². The lowest BCUT2D eigenvalue weighted by Crippen LogP contribution is -2.50. The maximum atomic E-state index is 11.6. The first-order valence-electron chi connectivity index (χ1n) is 8.63. The van der Waals surface area contributed by atoms with E-state index in [-0.39, 0.29) is 5.91 Å². The molecule has 0 bridgehead atoms. The molecular weight excluding hydrogens is 298 g/mol. The van der Waals surface area contributed by atoms with Gasteiger partial charge in [0.05, 0.1) is 12.6 Å². The van der Waals surface area contributed by atoms with Gasteiger partial charge in [0, 0.05) is 33.2 Å². The minimum absolute atomic E-state index is 0.0972. The first kappa shape index (κ1) is 15.4. The minimum Gasteiger partial charge on any atom is -0.358 e. The van der Waals surface area contributed by atoms with E-state index in [0.29, 0.717) is 12.6 Å². The van der Waals surface area contributed by atoms with Gasteiger partial charge in [-0.1, -0.05) is 48.5 Å². The molecule has 4 nitrogen and oxygen atoms in total. The average molecular weight is 321 g/mol. The molecule has 124 valence electrons. The molecule has 1 amide bonds. The number of piperazine rings is 1. The second-order valence-electron chi connectivity index (χ2n) is 6.56. The number of nitrogens with zero attached hydrogens (tertiary/aromatic N) is 2. The normalized spacial score (nSPS) is 18.2. The molecule has 0 aromatic heterocycles. The fourth-order valence-electron chi connectivity index (χ4n) is 3.98. The van der Waals surface area contributed by atoms with Crippen molar-refractivity contribution < 1.29 is 4.79 Å². The molecule has 0 saturated carbocycles. The molecule has 0 spiro atoms. The van der Waals surface area contributed by atoms with Crippen LogP contribution in [0.5, 0.6) is 0 Å². The maximum Gasteiger partial charge on any atom is 0.233 e. The number of amides is 1. The van der Waals surface area contributed by atoms with Crippen molar-refractivity contribution in [2.75, 3.05) is 39.8 Å². The highest BCUT2D eigenvalue weighted by molar-refractivity contribution is 5.78. The molecule has 24 heavy (non-hydrogen) atoms. The Hall–Kier alpha value is -2.17. The molecule has 1 aliphatic carbocycles. The van der Waals surface area contributed by atoms with Crippen LogP contribution in [0, 0.1) is 0 Å². The Morgan fingerprint density at radius 2 is 1.50 bits per heavy atom. The van der Waals surface area contributed by atoms with Gasteiger partial charge in [0.25, 0.3) is 0 Å². The zero-order valence-corrected chi connectivity index (χ0v) is 14.0. The summed E-state index contributed by atoms with van der Waals surface area (Å²) in [6.45, 7) is 4.36. The van der Waals surface area contributed by atoms with Crippen LogP contribution >= 0.6 is 0 Å². The fourth-order valence-corrected chi connectivity index (χ4v) is 3.98. The third-order valence-corrected chi connectivity index (χ3v) is 5.22. The third kappa shape index (κ3) is 2.62. The van der Waals surface area contributed by atoms with Gasteiger partial charge in [-0.15, -0.1) is 0 Å². The van der Waals surface area contributed by atoms with Gasteiger partial charge in [0.2, 0.25) is 5.91 Å². The summed E-state index contributed by atoms with van der Waals surface area (Å²) in [5.74, 6) is 0.0972. The number of hydrogen-bond acceptors (Lipinski definition) is 3. The molecule has 2 aromatic rings.